The molecule has 1 amide bonds. The summed E-state index contributed by atoms with van der Waals surface area (Å²) in [5.74, 6) is -1.19. The molecule has 3 aromatic carbocycles. The van der Waals surface area contributed by atoms with Crippen molar-refractivity contribution in [3.05, 3.63) is 100 Å². The largest absolute Gasteiger partial charge is 0.507 e. The summed E-state index contributed by atoms with van der Waals surface area (Å²) in [7, 11) is 0. The number of aromatic nitrogens is 1. The van der Waals surface area contributed by atoms with Crippen LogP contribution in [-0.4, -0.2) is 52.3 Å². The van der Waals surface area contributed by atoms with Gasteiger partial charge in [-0.1, -0.05) is 48.5 Å². The number of fused-ring (bicyclic) bond motifs is 2. The third-order valence-corrected chi connectivity index (χ3v) is 7.21. The van der Waals surface area contributed by atoms with Crippen LogP contribution in [0.2, 0.25) is 0 Å². The SMILES string of the molecule is O=C(C[C@H](c1ccnc2ccccc12)c1c(O)cc(O)c2c(=O)cc(-c3ccccc3)oc12)N1CCOCC1. The topological polar surface area (TPSA) is 113 Å². The van der Waals surface area contributed by atoms with Gasteiger partial charge in [-0.05, 0) is 17.7 Å². The van der Waals surface area contributed by atoms with E-state index in [1.54, 1.807) is 11.1 Å². The molecule has 0 aliphatic carbocycles. The molecule has 0 radical (unpaired) electrons. The molecule has 39 heavy (non-hydrogen) atoms. The van der Waals surface area contributed by atoms with Gasteiger partial charge < -0.3 is 24.3 Å². The van der Waals surface area contributed by atoms with Crippen molar-refractivity contribution in [3.63, 3.8) is 0 Å². The zero-order chi connectivity index (χ0) is 26.9. The number of phenols is 2. The van der Waals surface area contributed by atoms with Crippen LogP contribution >= 0.6 is 0 Å². The molecule has 1 fully saturated rings. The quantitative estimate of drug-likeness (QED) is 0.341. The minimum absolute atomic E-state index is 0.000712. The first kappa shape index (κ1) is 24.6. The average molecular weight is 523 g/mol. The van der Waals surface area contributed by atoms with Crippen LogP contribution in [0.15, 0.2) is 88.2 Å². The van der Waals surface area contributed by atoms with E-state index < -0.39 is 17.1 Å². The first-order chi connectivity index (χ1) is 19.0. The van der Waals surface area contributed by atoms with Gasteiger partial charge in [-0.15, -0.1) is 0 Å². The van der Waals surface area contributed by atoms with Gasteiger partial charge in [-0.2, -0.15) is 0 Å². The smallest absolute Gasteiger partial charge is 0.223 e. The Labute approximate surface area is 223 Å². The first-order valence-electron chi connectivity index (χ1n) is 12.8. The second-order valence-electron chi connectivity index (χ2n) is 9.54. The molecule has 1 atom stereocenters. The number of hydrogen-bond acceptors (Lipinski definition) is 7. The summed E-state index contributed by atoms with van der Waals surface area (Å²) < 4.78 is 11.7. The monoisotopic (exact) mass is 522 g/mol. The predicted molar refractivity (Wildman–Crippen MR) is 147 cm³/mol. The van der Waals surface area contributed by atoms with Gasteiger partial charge in [0.25, 0.3) is 0 Å². The standard InChI is InChI=1S/C31H26N2O6/c34-24-17-25(35)30-26(36)18-27(19-6-2-1-3-7-19)39-31(30)29(24)22(16-28(37)33-12-14-38-15-13-33)20-10-11-32-23-9-5-4-8-21(20)23/h1-11,17-18,22,34-35H,12-16H2/t22-/m1/s1. The molecule has 8 heteroatoms. The van der Waals surface area contributed by atoms with Crippen molar-refractivity contribution in [2.75, 3.05) is 26.3 Å². The van der Waals surface area contributed by atoms with E-state index in [9.17, 15) is 19.8 Å². The predicted octanol–water partition coefficient (Wildman–Crippen LogP) is 4.80. The maximum Gasteiger partial charge on any atom is 0.223 e. The molecule has 5 aromatic rings. The van der Waals surface area contributed by atoms with Gasteiger partial charge in [0.05, 0.1) is 18.7 Å². The summed E-state index contributed by atoms with van der Waals surface area (Å²) in [6, 6.07) is 21.0. The van der Waals surface area contributed by atoms with Crippen molar-refractivity contribution in [2.24, 2.45) is 0 Å². The third-order valence-electron chi connectivity index (χ3n) is 7.21. The minimum Gasteiger partial charge on any atom is -0.507 e. The molecule has 2 N–H and O–H groups in total. The third kappa shape index (κ3) is 4.59. The summed E-state index contributed by atoms with van der Waals surface area (Å²) in [5, 5.41) is 22.8. The Morgan fingerprint density at radius 1 is 0.949 bits per heavy atom. The van der Waals surface area contributed by atoms with Crippen LogP contribution in [0.5, 0.6) is 11.5 Å². The second kappa shape index (κ2) is 10.2. The Kier molecular flexibility index (Phi) is 6.46. The number of hydrogen-bond donors (Lipinski definition) is 2. The van der Waals surface area contributed by atoms with Crippen molar-refractivity contribution in [3.8, 4) is 22.8 Å². The molecule has 1 aliphatic rings. The maximum absolute atomic E-state index is 13.6. The fraction of sp³-hybridized carbons (Fsp3) is 0.194. The second-order valence-corrected chi connectivity index (χ2v) is 9.54. The van der Waals surface area contributed by atoms with Crippen molar-refractivity contribution < 1.29 is 24.2 Å². The number of rotatable bonds is 5. The van der Waals surface area contributed by atoms with Crippen LogP contribution in [-0.2, 0) is 9.53 Å². The summed E-state index contributed by atoms with van der Waals surface area (Å²) in [6.07, 6.45) is 1.66. The van der Waals surface area contributed by atoms with E-state index in [1.165, 1.54) is 6.07 Å². The summed E-state index contributed by atoms with van der Waals surface area (Å²) in [5.41, 5.74) is 1.99. The summed E-state index contributed by atoms with van der Waals surface area (Å²) >= 11 is 0. The number of morpholine rings is 1. The molecule has 1 saturated heterocycles. The Morgan fingerprint density at radius 2 is 1.69 bits per heavy atom. The normalized spacial score (nSPS) is 14.5. The van der Waals surface area contributed by atoms with Gasteiger partial charge >= 0.3 is 0 Å². The van der Waals surface area contributed by atoms with Crippen LogP contribution in [0.1, 0.15) is 23.5 Å². The van der Waals surface area contributed by atoms with E-state index in [-0.39, 0.29) is 40.4 Å². The lowest BCUT2D eigenvalue weighted by atomic mass is 9.84. The van der Waals surface area contributed by atoms with Gasteiger partial charge in [-0.3, -0.25) is 14.6 Å². The van der Waals surface area contributed by atoms with Gasteiger partial charge in [-0.25, -0.2) is 0 Å². The summed E-state index contributed by atoms with van der Waals surface area (Å²) in [6.45, 7) is 1.85. The number of ether oxygens (including phenoxy) is 1. The van der Waals surface area contributed by atoms with Crippen molar-refractivity contribution in [1.82, 2.24) is 9.88 Å². The van der Waals surface area contributed by atoms with Crippen molar-refractivity contribution >= 4 is 27.8 Å². The van der Waals surface area contributed by atoms with E-state index in [0.717, 1.165) is 22.5 Å². The molecule has 3 heterocycles. The van der Waals surface area contributed by atoms with Crippen molar-refractivity contribution in [2.45, 2.75) is 12.3 Å². The molecule has 0 bridgehead atoms. The Hall–Kier alpha value is -4.69. The maximum atomic E-state index is 13.6. The van der Waals surface area contributed by atoms with Crippen LogP contribution in [0, 0.1) is 0 Å². The number of pyridine rings is 1. The van der Waals surface area contributed by atoms with E-state index in [1.807, 2.05) is 60.7 Å². The van der Waals surface area contributed by atoms with Crippen LogP contribution in [0.3, 0.4) is 0 Å². The molecular formula is C31H26N2O6. The lowest BCUT2D eigenvalue weighted by Gasteiger charge is -2.29. The number of nitrogens with zero attached hydrogens (tertiary/aromatic N) is 2. The highest BCUT2D eigenvalue weighted by Crippen LogP contribution is 2.44. The number of amides is 1. The Balaban J connectivity index is 1.61. The molecule has 0 spiro atoms. The molecule has 196 valence electrons. The lowest BCUT2D eigenvalue weighted by molar-refractivity contribution is -0.135. The molecular weight excluding hydrogens is 496 g/mol. The fourth-order valence-corrected chi connectivity index (χ4v) is 5.31. The van der Waals surface area contributed by atoms with Crippen molar-refractivity contribution in [1.29, 1.82) is 0 Å². The van der Waals surface area contributed by atoms with E-state index in [0.29, 0.717) is 31.9 Å². The van der Waals surface area contributed by atoms with E-state index in [2.05, 4.69) is 4.98 Å². The Bertz CT molecular complexity index is 1740. The Morgan fingerprint density at radius 3 is 2.49 bits per heavy atom. The number of phenolic OH excluding ortho intramolecular Hbond substituents is 2. The number of aromatic hydroxyl groups is 2. The van der Waals surface area contributed by atoms with Gasteiger partial charge in [0, 0.05) is 60.3 Å². The minimum atomic E-state index is -0.703. The van der Waals surface area contributed by atoms with E-state index >= 15 is 0 Å². The van der Waals surface area contributed by atoms with Gasteiger partial charge in [0.2, 0.25) is 5.91 Å². The molecule has 0 saturated carbocycles. The molecule has 8 nitrogen and oxygen atoms in total. The molecule has 1 aliphatic heterocycles. The molecule has 0 unspecified atom stereocenters. The van der Waals surface area contributed by atoms with Crippen LogP contribution in [0.25, 0.3) is 33.2 Å². The molecule has 2 aromatic heterocycles. The highest BCUT2D eigenvalue weighted by atomic mass is 16.5. The first-order valence-corrected chi connectivity index (χ1v) is 12.8. The zero-order valence-electron chi connectivity index (χ0n) is 21.0. The van der Waals surface area contributed by atoms with Gasteiger partial charge in [0.15, 0.2) is 5.43 Å². The fourth-order valence-electron chi connectivity index (χ4n) is 5.31. The summed E-state index contributed by atoms with van der Waals surface area (Å²) in [4.78, 5) is 33.1. The zero-order valence-corrected chi connectivity index (χ0v) is 21.0. The average Bonchev–Trinajstić information content (AvgIpc) is 2.96. The highest BCUT2D eigenvalue weighted by molar-refractivity contribution is 5.92. The van der Waals surface area contributed by atoms with Crippen LogP contribution in [0.4, 0.5) is 0 Å². The van der Waals surface area contributed by atoms with Crippen LogP contribution < -0.4 is 5.43 Å². The number of carbonyl (C=O) groups excluding carboxylic acids is 1. The lowest BCUT2D eigenvalue weighted by Crippen LogP contribution is -2.41. The molecule has 6 rings (SSSR count). The highest BCUT2D eigenvalue weighted by Gasteiger charge is 2.31. The number of benzene rings is 3. The number of para-hydroxylation sites is 1. The van der Waals surface area contributed by atoms with E-state index in [4.69, 9.17) is 9.15 Å². The number of carbonyl (C=O) groups is 1. The van der Waals surface area contributed by atoms with Gasteiger partial charge in [0.1, 0.15) is 28.2 Å².